The van der Waals surface area contributed by atoms with E-state index >= 15 is 0 Å². The zero-order valence-electron chi connectivity index (χ0n) is 19.8. The number of carbonyl (C=O) groups is 1. The van der Waals surface area contributed by atoms with Crippen molar-refractivity contribution >= 4 is 11.7 Å². The number of hydrogen-bond acceptors (Lipinski definition) is 4. The number of para-hydroxylation sites is 1. The van der Waals surface area contributed by atoms with Gasteiger partial charge in [0.1, 0.15) is 0 Å². The Hall–Kier alpha value is -1.55. The molecule has 2 saturated carbocycles. The predicted molar refractivity (Wildman–Crippen MR) is 128 cm³/mol. The average Bonchev–Trinajstić information content (AvgIpc) is 3.16. The molecule has 7 atom stereocenters. The molecule has 1 aromatic rings. The van der Waals surface area contributed by atoms with E-state index in [1.165, 1.54) is 89.0 Å². The molecule has 3 aliphatic heterocycles. The quantitative estimate of drug-likeness (QED) is 0.583. The highest BCUT2D eigenvalue weighted by Crippen LogP contribution is 2.48. The fourth-order valence-electron chi connectivity index (χ4n) is 8.51. The predicted octanol–water partition coefficient (Wildman–Crippen LogP) is 5.51. The SMILES string of the molecule is COC(=O)CC1CN([C@H]2C[C@H]3CCC[C@@H](C2)N3[C@H]2C[C@@H]3CCC[C@@H](C3)C2)c2ccccc21. The Balaban J connectivity index is 1.20. The molecular weight excluding hydrogens is 396 g/mol. The molecule has 174 valence electrons. The van der Waals surface area contributed by atoms with E-state index in [1.54, 1.807) is 0 Å². The van der Waals surface area contributed by atoms with Gasteiger partial charge in [0, 0.05) is 42.3 Å². The van der Waals surface area contributed by atoms with Crippen molar-refractivity contribution in [2.75, 3.05) is 18.6 Å². The number of methoxy groups -OCH3 is 1. The number of esters is 1. The third kappa shape index (κ3) is 3.77. The first-order chi connectivity index (χ1) is 15.7. The number of fused-ring (bicyclic) bond motifs is 5. The minimum atomic E-state index is -0.0822. The van der Waals surface area contributed by atoms with Gasteiger partial charge in [0.2, 0.25) is 0 Å². The van der Waals surface area contributed by atoms with Gasteiger partial charge in [-0.05, 0) is 68.4 Å². The van der Waals surface area contributed by atoms with Crippen molar-refractivity contribution in [3.8, 4) is 0 Å². The second-order valence-corrected chi connectivity index (χ2v) is 11.5. The van der Waals surface area contributed by atoms with Gasteiger partial charge in [0.05, 0.1) is 13.5 Å². The molecule has 4 fully saturated rings. The summed E-state index contributed by atoms with van der Waals surface area (Å²) >= 11 is 0. The molecule has 4 bridgehead atoms. The topological polar surface area (TPSA) is 32.8 Å². The Morgan fingerprint density at radius 1 is 0.875 bits per heavy atom. The lowest BCUT2D eigenvalue weighted by Crippen LogP contribution is -2.61. The van der Waals surface area contributed by atoms with Crippen LogP contribution in [0.25, 0.3) is 0 Å². The van der Waals surface area contributed by atoms with Crippen molar-refractivity contribution in [1.82, 2.24) is 4.90 Å². The second-order valence-electron chi connectivity index (χ2n) is 11.5. The van der Waals surface area contributed by atoms with Crippen LogP contribution < -0.4 is 4.90 Å². The molecule has 6 rings (SSSR count). The van der Waals surface area contributed by atoms with Gasteiger partial charge >= 0.3 is 5.97 Å². The Labute approximate surface area is 193 Å². The highest BCUT2D eigenvalue weighted by molar-refractivity contribution is 5.73. The molecular formula is C28H40N2O2. The van der Waals surface area contributed by atoms with Crippen LogP contribution in [0.15, 0.2) is 24.3 Å². The van der Waals surface area contributed by atoms with Crippen molar-refractivity contribution in [3.63, 3.8) is 0 Å². The molecule has 4 heteroatoms. The Kier molecular flexibility index (Phi) is 5.69. The van der Waals surface area contributed by atoms with E-state index in [9.17, 15) is 4.79 Å². The summed E-state index contributed by atoms with van der Waals surface area (Å²) in [6.07, 6.45) is 16.2. The third-order valence-corrected chi connectivity index (χ3v) is 9.71. The molecule has 1 unspecified atom stereocenters. The molecule has 0 aromatic heterocycles. The summed E-state index contributed by atoms with van der Waals surface area (Å²) in [7, 11) is 1.51. The van der Waals surface area contributed by atoms with Crippen molar-refractivity contribution in [2.45, 2.75) is 107 Å². The van der Waals surface area contributed by atoms with Crippen LogP contribution in [0.3, 0.4) is 0 Å². The molecule has 1 aromatic carbocycles. The van der Waals surface area contributed by atoms with Crippen LogP contribution in [-0.2, 0) is 9.53 Å². The molecule has 3 heterocycles. The molecule has 32 heavy (non-hydrogen) atoms. The number of carbonyl (C=O) groups excluding carboxylic acids is 1. The first-order valence-electron chi connectivity index (χ1n) is 13.4. The summed E-state index contributed by atoms with van der Waals surface area (Å²) in [5.41, 5.74) is 2.73. The van der Waals surface area contributed by atoms with Crippen molar-refractivity contribution in [2.24, 2.45) is 11.8 Å². The molecule has 4 nitrogen and oxygen atoms in total. The molecule has 0 amide bonds. The average molecular weight is 437 g/mol. The lowest BCUT2D eigenvalue weighted by Gasteiger charge is -2.56. The van der Waals surface area contributed by atoms with Gasteiger partial charge < -0.3 is 9.64 Å². The summed E-state index contributed by atoms with van der Waals surface area (Å²) in [4.78, 5) is 17.8. The monoisotopic (exact) mass is 436 g/mol. The van der Waals surface area contributed by atoms with Crippen LogP contribution in [-0.4, -0.2) is 48.7 Å². The normalized spacial score (nSPS) is 38.9. The van der Waals surface area contributed by atoms with Gasteiger partial charge in [-0.1, -0.05) is 43.9 Å². The van der Waals surface area contributed by atoms with Gasteiger partial charge in [-0.15, -0.1) is 0 Å². The van der Waals surface area contributed by atoms with E-state index in [0.29, 0.717) is 12.5 Å². The lowest BCUT2D eigenvalue weighted by molar-refractivity contribution is -0.141. The van der Waals surface area contributed by atoms with Crippen LogP contribution in [0, 0.1) is 11.8 Å². The maximum atomic E-state index is 12.1. The fourth-order valence-corrected chi connectivity index (χ4v) is 8.51. The highest BCUT2D eigenvalue weighted by atomic mass is 16.5. The fraction of sp³-hybridized carbons (Fsp3) is 0.750. The summed E-state index contributed by atoms with van der Waals surface area (Å²) in [6, 6.07) is 11.8. The van der Waals surface area contributed by atoms with Gasteiger partial charge in [-0.3, -0.25) is 9.69 Å². The van der Waals surface area contributed by atoms with Crippen LogP contribution in [0.1, 0.15) is 88.5 Å². The molecule has 2 aliphatic carbocycles. The number of piperidine rings is 2. The van der Waals surface area contributed by atoms with Gasteiger partial charge in [0.25, 0.3) is 0 Å². The summed E-state index contributed by atoms with van der Waals surface area (Å²) in [5, 5.41) is 0. The number of hydrogen-bond donors (Lipinski definition) is 0. The Bertz CT molecular complexity index is 814. The van der Waals surface area contributed by atoms with E-state index in [4.69, 9.17) is 4.74 Å². The minimum absolute atomic E-state index is 0.0822. The van der Waals surface area contributed by atoms with Gasteiger partial charge in [0.15, 0.2) is 0 Å². The summed E-state index contributed by atoms with van der Waals surface area (Å²) < 4.78 is 5.02. The zero-order chi connectivity index (χ0) is 21.7. The molecule has 0 spiro atoms. The third-order valence-electron chi connectivity index (χ3n) is 9.71. The molecule has 0 N–H and O–H groups in total. The standard InChI is InChI=1S/C28H40N2O2/c1-32-28(31)15-21-18-29(27-11-3-2-10-26(21)27)24-16-22-8-5-9-23(17-24)30(22)25-13-19-6-4-7-20(12-19)14-25/h2-3,10-11,19-25H,4-9,12-18H2,1H3/t19-,20+,21?,22-,23+,24+,25+. The first-order valence-corrected chi connectivity index (χ1v) is 13.4. The largest absolute Gasteiger partial charge is 0.469 e. The van der Waals surface area contributed by atoms with Crippen LogP contribution in [0.4, 0.5) is 5.69 Å². The Morgan fingerprint density at radius 3 is 2.28 bits per heavy atom. The number of ether oxygens (including phenoxy) is 1. The molecule has 0 radical (unpaired) electrons. The van der Waals surface area contributed by atoms with Crippen LogP contribution >= 0.6 is 0 Å². The number of benzene rings is 1. The van der Waals surface area contributed by atoms with Crippen LogP contribution in [0.2, 0.25) is 0 Å². The van der Waals surface area contributed by atoms with E-state index in [2.05, 4.69) is 34.1 Å². The number of nitrogens with zero attached hydrogens (tertiary/aromatic N) is 2. The lowest BCUT2D eigenvalue weighted by atomic mass is 9.68. The van der Waals surface area contributed by atoms with Crippen molar-refractivity contribution < 1.29 is 9.53 Å². The van der Waals surface area contributed by atoms with E-state index in [-0.39, 0.29) is 11.9 Å². The maximum absolute atomic E-state index is 12.1. The first kappa shape index (κ1) is 21.0. The smallest absolute Gasteiger partial charge is 0.306 e. The van der Waals surface area contributed by atoms with E-state index in [0.717, 1.165) is 36.5 Å². The van der Waals surface area contributed by atoms with Gasteiger partial charge in [-0.2, -0.15) is 0 Å². The van der Waals surface area contributed by atoms with Crippen LogP contribution in [0.5, 0.6) is 0 Å². The zero-order valence-corrected chi connectivity index (χ0v) is 19.8. The van der Waals surface area contributed by atoms with Gasteiger partial charge in [-0.25, -0.2) is 0 Å². The Morgan fingerprint density at radius 2 is 1.56 bits per heavy atom. The van der Waals surface area contributed by atoms with Crippen molar-refractivity contribution in [1.29, 1.82) is 0 Å². The number of anilines is 1. The minimum Gasteiger partial charge on any atom is -0.469 e. The molecule has 2 saturated heterocycles. The van der Waals surface area contributed by atoms with Crippen molar-refractivity contribution in [3.05, 3.63) is 29.8 Å². The van der Waals surface area contributed by atoms with E-state index < -0.39 is 0 Å². The summed E-state index contributed by atoms with van der Waals surface area (Å²) in [6.45, 7) is 0.978. The maximum Gasteiger partial charge on any atom is 0.306 e. The summed E-state index contributed by atoms with van der Waals surface area (Å²) in [5.74, 6) is 2.21. The highest BCUT2D eigenvalue weighted by Gasteiger charge is 2.47. The van der Waals surface area contributed by atoms with E-state index in [1.807, 2.05) is 0 Å². The molecule has 5 aliphatic rings. The second kappa shape index (κ2) is 8.66. The number of rotatable bonds is 4.